The van der Waals surface area contributed by atoms with Crippen LogP contribution in [0.15, 0.2) is 30.3 Å². The molecule has 2 rings (SSSR count). The van der Waals surface area contributed by atoms with Crippen molar-refractivity contribution in [2.75, 3.05) is 0 Å². The zero-order chi connectivity index (χ0) is 15.1. The maximum atomic E-state index is 13.4. The first-order chi connectivity index (χ1) is 9.12. The van der Waals surface area contributed by atoms with Gasteiger partial charge in [0.25, 0.3) is 0 Å². The van der Waals surface area contributed by atoms with Gasteiger partial charge in [-0.25, -0.2) is 8.78 Å². The van der Waals surface area contributed by atoms with Gasteiger partial charge in [-0.3, -0.25) is 0 Å². The normalized spacial score (nSPS) is 12.7. The zero-order valence-corrected chi connectivity index (χ0v) is 10.2. The smallest absolute Gasteiger partial charge is 0.376 e. The zero-order valence-electron chi connectivity index (χ0n) is 9.41. The molecule has 3 nitrogen and oxygen atoms in total. The highest BCUT2D eigenvalue weighted by molar-refractivity contribution is 7.88. The van der Waals surface area contributed by atoms with Crippen molar-refractivity contribution in [2.45, 2.75) is 5.51 Å². The average molecular weight is 312 g/mol. The largest absolute Gasteiger partial charge is 0.534 e. The highest BCUT2D eigenvalue weighted by Gasteiger charge is 2.48. The Morgan fingerprint density at radius 3 is 2.20 bits per heavy atom. The van der Waals surface area contributed by atoms with Crippen LogP contribution in [0.1, 0.15) is 0 Å². The summed E-state index contributed by atoms with van der Waals surface area (Å²) in [5.74, 6) is -3.29. The Hall–Kier alpha value is -1.90. The molecule has 0 aliphatic rings. The summed E-state index contributed by atoms with van der Waals surface area (Å²) in [7, 11) is -5.86. The molecule has 0 aliphatic heterocycles. The molecule has 20 heavy (non-hydrogen) atoms. The monoisotopic (exact) mass is 312 g/mol. The van der Waals surface area contributed by atoms with Crippen LogP contribution in [0.3, 0.4) is 0 Å². The molecule has 0 fully saturated rings. The molecule has 108 valence electrons. The van der Waals surface area contributed by atoms with Crippen LogP contribution in [0.5, 0.6) is 5.75 Å². The van der Waals surface area contributed by atoms with Gasteiger partial charge in [-0.2, -0.15) is 21.6 Å². The fourth-order valence-electron chi connectivity index (χ4n) is 1.46. The third-order valence-corrected chi connectivity index (χ3v) is 3.35. The number of hydrogen-bond acceptors (Lipinski definition) is 3. The van der Waals surface area contributed by atoms with Crippen LogP contribution < -0.4 is 4.18 Å². The van der Waals surface area contributed by atoms with Crippen molar-refractivity contribution in [3.8, 4) is 5.75 Å². The minimum Gasteiger partial charge on any atom is -0.376 e. The van der Waals surface area contributed by atoms with Crippen LogP contribution in [0.2, 0.25) is 0 Å². The molecule has 2 aromatic rings. The van der Waals surface area contributed by atoms with E-state index in [-0.39, 0.29) is 10.8 Å². The van der Waals surface area contributed by atoms with E-state index >= 15 is 0 Å². The van der Waals surface area contributed by atoms with Gasteiger partial charge in [0.15, 0.2) is 11.6 Å². The van der Waals surface area contributed by atoms with E-state index in [1.165, 1.54) is 6.07 Å². The first-order valence-electron chi connectivity index (χ1n) is 5.00. The summed E-state index contributed by atoms with van der Waals surface area (Å²) in [6.07, 6.45) is 0. The lowest BCUT2D eigenvalue weighted by Gasteiger charge is -2.10. The van der Waals surface area contributed by atoms with Gasteiger partial charge >= 0.3 is 15.6 Å². The Morgan fingerprint density at radius 2 is 1.60 bits per heavy atom. The van der Waals surface area contributed by atoms with Crippen molar-refractivity contribution in [3.63, 3.8) is 0 Å². The number of halogens is 5. The lowest BCUT2D eigenvalue weighted by Crippen LogP contribution is -2.28. The predicted molar refractivity (Wildman–Crippen MR) is 59.5 cm³/mol. The van der Waals surface area contributed by atoms with E-state index in [0.717, 1.165) is 18.2 Å². The second-order valence-corrected chi connectivity index (χ2v) is 5.27. The molecule has 0 aromatic heterocycles. The maximum Gasteiger partial charge on any atom is 0.534 e. The van der Waals surface area contributed by atoms with Crippen LogP contribution in [0.4, 0.5) is 22.0 Å². The van der Waals surface area contributed by atoms with Crippen LogP contribution in [0.25, 0.3) is 10.8 Å². The molecule has 0 atom stereocenters. The van der Waals surface area contributed by atoms with Crippen molar-refractivity contribution in [3.05, 3.63) is 42.0 Å². The molecule has 0 amide bonds. The number of fused-ring (bicyclic) bond motifs is 1. The van der Waals surface area contributed by atoms with Crippen molar-refractivity contribution in [2.24, 2.45) is 0 Å². The molecule has 0 heterocycles. The van der Waals surface area contributed by atoms with Gasteiger partial charge in [-0.15, -0.1) is 0 Å². The molecule has 2 aromatic carbocycles. The summed E-state index contributed by atoms with van der Waals surface area (Å²) in [5, 5.41) is -0.208. The van der Waals surface area contributed by atoms with Gasteiger partial charge in [0.2, 0.25) is 0 Å². The third-order valence-electron chi connectivity index (χ3n) is 2.37. The summed E-state index contributed by atoms with van der Waals surface area (Å²) in [5.41, 5.74) is -5.61. The Morgan fingerprint density at radius 1 is 1.00 bits per heavy atom. The molecule has 0 saturated carbocycles. The fraction of sp³-hybridized carbons (Fsp3) is 0.0909. The Kier molecular flexibility index (Phi) is 3.32. The molecule has 0 radical (unpaired) electrons. The highest BCUT2D eigenvalue weighted by Crippen LogP contribution is 2.30. The molecular weight excluding hydrogens is 307 g/mol. The Balaban J connectivity index is 2.51. The molecule has 0 bridgehead atoms. The van der Waals surface area contributed by atoms with E-state index in [2.05, 4.69) is 4.18 Å². The molecule has 0 N–H and O–H groups in total. The van der Waals surface area contributed by atoms with Crippen LogP contribution in [-0.2, 0) is 10.1 Å². The van der Waals surface area contributed by atoms with E-state index < -0.39 is 33.0 Å². The van der Waals surface area contributed by atoms with Gasteiger partial charge in [0, 0.05) is 5.39 Å². The maximum absolute atomic E-state index is 13.4. The standard InChI is InChI=1S/C11H5F5O3S/c12-9-4-2-6-1-3-7(5-8(6)10(9)13)19-20(17,18)11(14,15)16/h1-5H. The lowest BCUT2D eigenvalue weighted by molar-refractivity contribution is -0.0500. The van der Waals surface area contributed by atoms with Gasteiger partial charge in [-0.1, -0.05) is 12.1 Å². The summed E-state index contributed by atoms with van der Waals surface area (Å²) in [4.78, 5) is 0. The minimum atomic E-state index is -5.86. The molecule has 0 aliphatic carbocycles. The van der Waals surface area contributed by atoms with E-state index in [9.17, 15) is 30.4 Å². The fourth-order valence-corrected chi connectivity index (χ4v) is 1.91. The topological polar surface area (TPSA) is 43.4 Å². The highest BCUT2D eigenvalue weighted by atomic mass is 32.2. The van der Waals surface area contributed by atoms with Crippen molar-refractivity contribution >= 4 is 20.9 Å². The van der Waals surface area contributed by atoms with Gasteiger partial charge in [-0.05, 0) is 23.6 Å². The lowest BCUT2D eigenvalue weighted by atomic mass is 10.1. The van der Waals surface area contributed by atoms with Gasteiger partial charge in [0.1, 0.15) is 5.75 Å². The SMILES string of the molecule is O=S(=O)(Oc1ccc2ccc(F)c(F)c2c1)C(F)(F)F. The summed E-state index contributed by atoms with van der Waals surface area (Å²) in [6.45, 7) is 0. The molecule has 9 heteroatoms. The van der Waals surface area contributed by atoms with Crippen LogP contribution in [0, 0.1) is 11.6 Å². The minimum absolute atomic E-state index is 0.181. The van der Waals surface area contributed by atoms with E-state index in [1.54, 1.807) is 0 Å². The van der Waals surface area contributed by atoms with Crippen molar-refractivity contribution in [1.29, 1.82) is 0 Å². The first kappa shape index (κ1) is 14.5. The molecular formula is C11H5F5O3S. The van der Waals surface area contributed by atoms with E-state index in [1.807, 2.05) is 0 Å². The molecule has 0 spiro atoms. The number of hydrogen-bond donors (Lipinski definition) is 0. The molecule has 0 unspecified atom stereocenters. The Labute approximate surface area is 109 Å². The second-order valence-electron chi connectivity index (χ2n) is 3.73. The number of benzene rings is 2. The Bertz CT molecular complexity index is 767. The third kappa shape index (κ3) is 2.53. The summed E-state index contributed by atoms with van der Waals surface area (Å²) in [6, 6.07) is 4.72. The summed E-state index contributed by atoms with van der Waals surface area (Å²) >= 11 is 0. The van der Waals surface area contributed by atoms with E-state index in [0.29, 0.717) is 6.07 Å². The second kappa shape index (κ2) is 4.58. The van der Waals surface area contributed by atoms with Crippen molar-refractivity contribution < 1.29 is 34.6 Å². The average Bonchev–Trinajstić information content (AvgIpc) is 2.32. The predicted octanol–water partition coefficient (Wildman–Crippen LogP) is 3.35. The van der Waals surface area contributed by atoms with Crippen molar-refractivity contribution in [1.82, 2.24) is 0 Å². The van der Waals surface area contributed by atoms with Gasteiger partial charge < -0.3 is 4.18 Å². The van der Waals surface area contributed by atoms with Crippen LogP contribution >= 0.6 is 0 Å². The number of alkyl halides is 3. The summed E-state index contributed by atoms with van der Waals surface area (Å²) < 4.78 is 88.2. The molecule has 0 saturated heterocycles. The van der Waals surface area contributed by atoms with E-state index in [4.69, 9.17) is 0 Å². The first-order valence-corrected chi connectivity index (χ1v) is 6.41. The van der Waals surface area contributed by atoms with Gasteiger partial charge in [0.05, 0.1) is 0 Å². The van der Waals surface area contributed by atoms with Crippen LogP contribution in [-0.4, -0.2) is 13.9 Å². The quantitative estimate of drug-likeness (QED) is 0.485. The number of rotatable bonds is 2.